The van der Waals surface area contributed by atoms with Crippen molar-refractivity contribution in [3.05, 3.63) is 131 Å². The third-order valence-corrected chi connectivity index (χ3v) is 9.79. The highest BCUT2D eigenvalue weighted by molar-refractivity contribution is 8.00. The van der Waals surface area contributed by atoms with E-state index >= 15 is 0 Å². The smallest absolute Gasteiger partial charge is 0.272 e. The first-order valence-electron chi connectivity index (χ1n) is 16.5. The van der Waals surface area contributed by atoms with Gasteiger partial charge in [-0.2, -0.15) is 0 Å². The average Bonchev–Trinajstić information content (AvgIpc) is 3.59. The maximum absolute atomic E-state index is 13.6. The molecule has 0 aliphatic carbocycles. The first-order valence-corrected chi connectivity index (χ1v) is 18.2. The molecule has 4 aromatic carbocycles. The summed E-state index contributed by atoms with van der Waals surface area (Å²) in [6.07, 6.45) is 2.24. The highest BCUT2D eigenvalue weighted by Gasteiger charge is 2.21. The molecule has 0 saturated carbocycles. The van der Waals surface area contributed by atoms with E-state index < -0.39 is 17.1 Å². The molecule has 0 aliphatic rings. The van der Waals surface area contributed by atoms with Gasteiger partial charge in [-0.3, -0.25) is 14.4 Å². The highest BCUT2D eigenvalue weighted by atomic mass is 32.2. The Balaban J connectivity index is 1.26. The van der Waals surface area contributed by atoms with Crippen LogP contribution in [0.3, 0.4) is 0 Å². The lowest BCUT2D eigenvalue weighted by atomic mass is 10.0. The predicted molar refractivity (Wildman–Crippen MR) is 205 cm³/mol. The SMILES string of the molecule is CCOc1ccc(-c2csc(NC(=O)C(CC)Sc3cccc(NC(=O)/C(=C\c4ccc(C(C)C)cc4)NC(=O)c4ccccc4)c3)n2)cc1. The summed E-state index contributed by atoms with van der Waals surface area (Å²) in [5.74, 6) is 0.148. The number of carbonyl (C=O) groups excluding carboxylic acids is 3. The Labute approximate surface area is 301 Å². The summed E-state index contributed by atoms with van der Waals surface area (Å²) in [7, 11) is 0. The minimum absolute atomic E-state index is 0.105. The largest absolute Gasteiger partial charge is 0.494 e. The molecule has 5 rings (SSSR count). The van der Waals surface area contributed by atoms with Gasteiger partial charge in [-0.15, -0.1) is 23.1 Å². The third kappa shape index (κ3) is 9.93. The minimum Gasteiger partial charge on any atom is -0.494 e. The van der Waals surface area contributed by atoms with Crippen LogP contribution in [0.25, 0.3) is 17.3 Å². The van der Waals surface area contributed by atoms with E-state index in [-0.39, 0.29) is 11.6 Å². The van der Waals surface area contributed by atoms with E-state index in [9.17, 15) is 14.4 Å². The van der Waals surface area contributed by atoms with Crippen LogP contribution < -0.4 is 20.7 Å². The summed E-state index contributed by atoms with van der Waals surface area (Å²) < 4.78 is 5.52. The first kappa shape index (κ1) is 36.1. The number of nitrogens with zero attached hydrogens (tertiary/aromatic N) is 1. The molecule has 1 atom stereocenters. The second-order valence-corrected chi connectivity index (χ2v) is 13.8. The van der Waals surface area contributed by atoms with Crippen LogP contribution in [-0.2, 0) is 9.59 Å². The monoisotopic (exact) mass is 704 g/mol. The van der Waals surface area contributed by atoms with Gasteiger partial charge in [0, 0.05) is 27.1 Å². The second kappa shape index (κ2) is 17.5. The van der Waals surface area contributed by atoms with Crippen molar-refractivity contribution in [3.63, 3.8) is 0 Å². The number of hydrogen-bond acceptors (Lipinski definition) is 7. The maximum atomic E-state index is 13.6. The van der Waals surface area contributed by atoms with Gasteiger partial charge < -0.3 is 20.7 Å². The van der Waals surface area contributed by atoms with Crippen molar-refractivity contribution in [3.8, 4) is 17.0 Å². The van der Waals surface area contributed by atoms with Crippen molar-refractivity contribution >= 4 is 57.7 Å². The Morgan fingerprint density at radius 2 is 1.62 bits per heavy atom. The molecule has 5 aromatic rings. The van der Waals surface area contributed by atoms with Crippen molar-refractivity contribution in [2.45, 2.75) is 50.2 Å². The van der Waals surface area contributed by atoms with E-state index in [1.54, 1.807) is 36.4 Å². The van der Waals surface area contributed by atoms with E-state index in [0.29, 0.717) is 35.3 Å². The quantitative estimate of drug-likeness (QED) is 0.0786. The van der Waals surface area contributed by atoms with Crippen molar-refractivity contribution in [2.75, 3.05) is 17.2 Å². The molecule has 0 bridgehead atoms. The number of hydrogen-bond donors (Lipinski definition) is 3. The number of nitrogens with one attached hydrogen (secondary N) is 3. The molecule has 0 aliphatic heterocycles. The molecule has 10 heteroatoms. The lowest BCUT2D eigenvalue weighted by Gasteiger charge is -2.15. The minimum atomic E-state index is -0.471. The Bertz CT molecular complexity index is 1940. The number of thioether (sulfide) groups is 1. The summed E-state index contributed by atoms with van der Waals surface area (Å²) in [6.45, 7) is 8.73. The molecule has 256 valence electrons. The fourth-order valence-corrected chi connectivity index (χ4v) is 6.69. The van der Waals surface area contributed by atoms with Crippen LogP contribution in [0.4, 0.5) is 10.8 Å². The molecular formula is C40H40N4O4S2. The van der Waals surface area contributed by atoms with E-state index in [1.807, 2.05) is 92.0 Å². The summed E-state index contributed by atoms with van der Waals surface area (Å²) in [6, 6.07) is 31.7. The number of aromatic nitrogens is 1. The fraction of sp³-hybridized carbons (Fsp3) is 0.200. The average molecular weight is 705 g/mol. The van der Waals surface area contributed by atoms with Crippen molar-refractivity contribution < 1.29 is 19.1 Å². The number of anilines is 2. The van der Waals surface area contributed by atoms with Crippen LogP contribution in [0.5, 0.6) is 5.75 Å². The molecule has 3 N–H and O–H groups in total. The number of thiazole rings is 1. The Morgan fingerprint density at radius 3 is 2.30 bits per heavy atom. The van der Waals surface area contributed by atoms with Gasteiger partial charge >= 0.3 is 0 Å². The van der Waals surface area contributed by atoms with Gasteiger partial charge in [0.15, 0.2) is 5.13 Å². The number of amides is 3. The van der Waals surface area contributed by atoms with Gasteiger partial charge in [0.05, 0.1) is 17.6 Å². The van der Waals surface area contributed by atoms with Gasteiger partial charge in [0.25, 0.3) is 11.8 Å². The topological polar surface area (TPSA) is 109 Å². The number of carbonyl (C=O) groups is 3. The van der Waals surface area contributed by atoms with Gasteiger partial charge in [-0.25, -0.2) is 4.98 Å². The highest BCUT2D eigenvalue weighted by Crippen LogP contribution is 2.31. The van der Waals surface area contributed by atoms with E-state index in [1.165, 1.54) is 28.7 Å². The van der Waals surface area contributed by atoms with Crippen LogP contribution in [0.1, 0.15) is 61.5 Å². The van der Waals surface area contributed by atoms with Crippen LogP contribution >= 0.6 is 23.1 Å². The normalized spacial score (nSPS) is 11.9. The number of rotatable bonds is 14. The van der Waals surface area contributed by atoms with Crippen molar-refractivity contribution in [2.24, 2.45) is 0 Å². The van der Waals surface area contributed by atoms with E-state index in [2.05, 4.69) is 34.8 Å². The summed E-state index contributed by atoms with van der Waals surface area (Å²) in [5.41, 5.74) is 4.74. The van der Waals surface area contributed by atoms with E-state index in [0.717, 1.165) is 27.5 Å². The van der Waals surface area contributed by atoms with Gasteiger partial charge in [0.2, 0.25) is 5.91 Å². The first-order chi connectivity index (χ1) is 24.2. The maximum Gasteiger partial charge on any atom is 0.272 e. The predicted octanol–water partition coefficient (Wildman–Crippen LogP) is 9.25. The zero-order chi connectivity index (χ0) is 35.5. The molecule has 8 nitrogen and oxygen atoms in total. The molecule has 1 heterocycles. The van der Waals surface area contributed by atoms with E-state index in [4.69, 9.17) is 4.74 Å². The molecule has 0 saturated heterocycles. The van der Waals surface area contributed by atoms with Crippen LogP contribution in [0.15, 0.2) is 119 Å². The lowest BCUT2D eigenvalue weighted by molar-refractivity contribution is -0.116. The van der Waals surface area contributed by atoms with Gasteiger partial charge in [0.1, 0.15) is 11.4 Å². The summed E-state index contributed by atoms with van der Waals surface area (Å²) >= 11 is 2.78. The molecular weight excluding hydrogens is 665 g/mol. The Morgan fingerprint density at radius 1 is 0.880 bits per heavy atom. The third-order valence-electron chi connectivity index (χ3n) is 7.67. The fourth-order valence-electron chi connectivity index (χ4n) is 4.96. The van der Waals surface area contributed by atoms with Crippen LogP contribution in [0, 0.1) is 0 Å². The summed E-state index contributed by atoms with van der Waals surface area (Å²) in [4.78, 5) is 45.4. The molecule has 1 unspecified atom stereocenters. The molecule has 0 spiro atoms. The molecule has 0 fully saturated rings. The zero-order valence-electron chi connectivity index (χ0n) is 28.4. The van der Waals surface area contributed by atoms with Crippen LogP contribution in [0.2, 0.25) is 0 Å². The van der Waals surface area contributed by atoms with Crippen molar-refractivity contribution in [1.29, 1.82) is 0 Å². The van der Waals surface area contributed by atoms with Gasteiger partial charge in [-0.05, 0) is 91.1 Å². The zero-order valence-corrected chi connectivity index (χ0v) is 30.1. The molecule has 0 radical (unpaired) electrons. The second-order valence-electron chi connectivity index (χ2n) is 11.7. The summed E-state index contributed by atoms with van der Waals surface area (Å²) in [5, 5.41) is 10.7. The standard InChI is InChI=1S/C40H40N4O4S2/c1-5-36(39(47)44-40-43-35(25-49-40)29-19-21-32(22-20-29)48-6-2)50-33-14-10-13-31(24-33)41-38(46)34(42-37(45)30-11-8-7-9-12-30)23-27-15-17-28(18-16-27)26(3)4/h7-26,36H,5-6H2,1-4H3,(H,41,46)(H,42,45)(H,43,44,47)/b34-23+. The lowest BCUT2D eigenvalue weighted by Crippen LogP contribution is -2.30. The number of benzene rings is 4. The Hall–Kier alpha value is -5.19. The van der Waals surface area contributed by atoms with Crippen LogP contribution in [-0.4, -0.2) is 34.6 Å². The molecule has 1 aromatic heterocycles. The molecule has 3 amide bonds. The van der Waals surface area contributed by atoms with Crippen molar-refractivity contribution in [1.82, 2.24) is 10.3 Å². The van der Waals surface area contributed by atoms with Gasteiger partial charge in [-0.1, -0.05) is 69.3 Å². The molecule has 50 heavy (non-hydrogen) atoms. The Kier molecular flexibility index (Phi) is 12.6. The number of ether oxygens (including phenoxy) is 1.